The lowest BCUT2D eigenvalue weighted by molar-refractivity contribution is -0.131. The monoisotopic (exact) mass is 510 g/mol. The van der Waals surface area contributed by atoms with E-state index in [0.29, 0.717) is 13.2 Å². The topological polar surface area (TPSA) is 116 Å². The Morgan fingerprint density at radius 3 is 2.84 bits per heavy atom. The molecule has 0 saturated carbocycles. The molecule has 0 radical (unpaired) electrons. The molecule has 4 heterocycles. The number of anilines is 1. The molecule has 194 valence electrons. The van der Waals surface area contributed by atoms with Crippen molar-refractivity contribution >= 4 is 33.7 Å². The van der Waals surface area contributed by atoms with Crippen LogP contribution in [-0.2, 0) is 11.3 Å². The number of nitrogens with one attached hydrogen (secondary N) is 2. The molecule has 1 saturated heterocycles. The first-order chi connectivity index (χ1) is 18.6. The van der Waals surface area contributed by atoms with Gasteiger partial charge < -0.3 is 19.5 Å². The summed E-state index contributed by atoms with van der Waals surface area (Å²) in [6.45, 7) is 5.52. The van der Waals surface area contributed by atoms with Crippen LogP contribution in [-0.4, -0.2) is 60.1 Å². The number of carbonyl (C=O) groups is 1. The molecule has 3 aromatic heterocycles. The van der Waals surface area contributed by atoms with E-state index in [-0.39, 0.29) is 18.0 Å². The van der Waals surface area contributed by atoms with Crippen LogP contribution in [0.1, 0.15) is 44.0 Å². The summed E-state index contributed by atoms with van der Waals surface area (Å²) >= 11 is 0. The molecule has 6 rings (SSSR count). The highest BCUT2D eigenvalue weighted by Crippen LogP contribution is 2.33. The van der Waals surface area contributed by atoms with Gasteiger partial charge in [-0.25, -0.2) is 15.0 Å². The van der Waals surface area contributed by atoms with E-state index in [2.05, 4.69) is 53.2 Å². The van der Waals surface area contributed by atoms with Crippen LogP contribution in [0, 0.1) is 0 Å². The van der Waals surface area contributed by atoms with Gasteiger partial charge in [-0.2, -0.15) is 5.10 Å². The highest BCUT2D eigenvalue weighted by molar-refractivity contribution is 5.91. The van der Waals surface area contributed by atoms with Gasteiger partial charge in [0.25, 0.3) is 0 Å². The van der Waals surface area contributed by atoms with Crippen LogP contribution in [0.25, 0.3) is 21.9 Å². The van der Waals surface area contributed by atoms with Gasteiger partial charge in [0.05, 0.1) is 24.1 Å². The third-order valence-corrected chi connectivity index (χ3v) is 7.42. The molecular formula is C28H30N8O2. The van der Waals surface area contributed by atoms with E-state index >= 15 is 0 Å². The molecule has 1 fully saturated rings. The van der Waals surface area contributed by atoms with Gasteiger partial charge in [-0.15, -0.1) is 0 Å². The fraction of sp³-hybridized carbons (Fsp3) is 0.321. The smallest absolute Gasteiger partial charge is 0.220 e. The summed E-state index contributed by atoms with van der Waals surface area (Å²) in [4.78, 5) is 33.0. The van der Waals surface area contributed by atoms with Crippen LogP contribution < -0.4 is 9.64 Å². The number of nitrogens with zero attached hydrogens (tertiary/aromatic N) is 6. The average Bonchev–Trinajstić information content (AvgIpc) is 3.72. The number of carbonyl (C=O) groups excluding carboxylic acids is 1. The number of hydrogen-bond acceptors (Lipinski definition) is 7. The molecule has 2 aromatic carbocycles. The second-order valence-electron chi connectivity index (χ2n) is 9.69. The Labute approximate surface area is 220 Å². The second kappa shape index (κ2) is 10.1. The Bertz CT molecular complexity index is 1560. The zero-order chi connectivity index (χ0) is 26.1. The van der Waals surface area contributed by atoms with Crippen LogP contribution >= 0.6 is 0 Å². The van der Waals surface area contributed by atoms with Crippen molar-refractivity contribution in [1.29, 1.82) is 0 Å². The first-order valence-electron chi connectivity index (χ1n) is 12.9. The predicted octanol–water partition coefficient (Wildman–Crippen LogP) is 4.39. The zero-order valence-electron chi connectivity index (χ0n) is 21.5. The summed E-state index contributed by atoms with van der Waals surface area (Å²) in [6, 6.07) is 14.2. The van der Waals surface area contributed by atoms with E-state index in [1.54, 1.807) is 25.8 Å². The van der Waals surface area contributed by atoms with Crippen LogP contribution in [0.4, 0.5) is 5.82 Å². The molecule has 2 atom stereocenters. The van der Waals surface area contributed by atoms with Crippen LogP contribution in [0.5, 0.6) is 5.75 Å². The molecule has 2 N–H and O–H groups in total. The molecule has 38 heavy (non-hydrogen) atoms. The highest BCUT2D eigenvalue weighted by atomic mass is 16.5. The Kier molecular flexibility index (Phi) is 6.36. The number of H-pyrrole nitrogens is 2. The van der Waals surface area contributed by atoms with Gasteiger partial charge in [0, 0.05) is 31.6 Å². The maximum absolute atomic E-state index is 12.6. The zero-order valence-corrected chi connectivity index (χ0v) is 21.5. The number of aromatic amines is 2. The summed E-state index contributed by atoms with van der Waals surface area (Å²) in [5.74, 6) is 1.68. The lowest BCUT2D eigenvalue weighted by Crippen LogP contribution is -2.35. The van der Waals surface area contributed by atoms with Gasteiger partial charge in [-0.3, -0.25) is 9.89 Å². The summed E-state index contributed by atoms with van der Waals surface area (Å²) in [7, 11) is 0. The van der Waals surface area contributed by atoms with Crippen molar-refractivity contribution in [3.63, 3.8) is 0 Å². The Hall–Kier alpha value is -4.47. The first-order valence-corrected chi connectivity index (χ1v) is 12.9. The predicted molar refractivity (Wildman–Crippen MR) is 145 cm³/mol. The highest BCUT2D eigenvalue weighted by Gasteiger charge is 2.29. The van der Waals surface area contributed by atoms with E-state index in [1.807, 2.05) is 36.1 Å². The minimum atomic E-state index is -0.149. The second-order valence-corrected chi connectivity index (χ2v) is 9.69. The lowest BCUT2D eigenvalue weighted by Gasteiger charge is -2.28. The van der Waals surface area contributed by atoms with E-state index in [9.17, 15) is 4.79 Å². The minimum Gasteiger partial charge on any atom is -0.491 e. The maximum atomic E-state index is 12.6. The Morgan fingerprint density at radius 1 is 1.16 bits per heavy atom. The minimum absolute atomic E-state index is 0.00183. The molecule has 0 bridgehead atoms. The van der Waals surface area contributed by atoms with Gasteiger partial charge in [0.2, 0.25) is 5.91 Å². The molecule has 1 amide bonds. The molecule has 1 aliphatic rings. The number of ether oxygens (including phenoxy) is 1. The molecule has 0 spiro atoms. The summed E-state index contributed by atoms with van der Waals surface area (Å²) < 4.78 is 6.45. The maximum Gasteiger partial charge on any atom is 0.220 e. The molecule has 10 nitrogen and oxygen atoms in total. The standard InChI is InChI=1S/C28H30N8O2/c1-18(24-11-12-33-34-24)36(19(2)37)14-20-9-10-25(23-8-4-3-7-22(20)23)38-15-21-6-5-13-35(21)28-26-27(30-16-29-26)31-17-32-28/h3-4,7-12,16-18,21H,5-6,13-15H2,1-2H3,(H,33,34)(H,29,30,31,32). The largest absolute Gasteiger partial charge is 0.491 e. The number of amides is 1. The summed E-state index contributed by atoms with van der Waals surface area (Å²) in [5.41, 5.74) is 3.42. The SMILES string of the molecule is CC(=O)N(Cc1ccc(OCC2CCCN2c2ncnc3[nH]cnc23)c2ccccc12)C(C)c1cc[nH]n1. The van der Waals surface area contributed by atoms with E-state index in [0.717, 1.165) is 64.1 Å². The third kappa shape index (κ3) is 4.42. The number of fused-ring (bicyclic) bond motifs is 2. The molecule has 10 heteroatoms. The first kappa shape index (κ1) is 23.9. The number of benzene rings is 2. The van der Waals surface area contributed by atoms with Gasteiger partial charge >= 0.3 is 0 Å². The lowest BCUT2D eigenvalue weighted by atomic mass is 10.0. The van der Waals surface area contributed by atoms with E-state index in [4.69, 9.17) is 4.74 Å². The van der Waals surface area contributed by atoms with Gasteiger partial charge in [0.1, 0.15) is 24.2 Å². The number of rotatable bonds is 8. The number of aromatic nitrogens is 6. The quantitative estimate of drug-likeness (QED) is 0.318. The van der Waals surface area contributed by atoms with Gasteiger partial charge in [-0.1, -0.05) is 30.3 Å². The van der Waals surface area contributed by atoms with Crippen molar-refractivity contribution < 1.29 is 9.53 Å². The van der Waals surface area contributed by atoms with Crippen molar-refractivity contribution in [3.8, 4) is 5.75 Å². The van der Waals surface area contributed by atoms with Crippen LogP contribution in [0.2, 0.25) is 0 Å². The van der Waals surface area contributed by atoms with E-state index < -0.39 is 0 Å². The van der Waals surface area contributed by atoms with Crippen molar-refractivity contribution in [2.24, 2.45) is 0 Å². The molecule has 5 aromatic rings. The van der Waals surface area contributed by atoms with Crippen LogP contribution in [0.3, 0.4) is 0 Å². The third-order valence-electron chi connectivity index (χ3n) is 7.42. The van der Waals surface area contributed by atoms with Crippen molar-refractivity contribution in [1.82, 2.24) is 35.0 Å². The van der Waals surface area contributed by atoms with Crippen LogP contribution in [0.15, 0.2) is 61.3 Å². The summed E-state index contributed by atoms with van der Waals surface area (Å²) in [6.07, 6.45) is 7.10. The van der Waals surface area contributed by atoms with Gasteiger partial charge in [0.15, 0.2) is 11.5 Å². The number of imidazole rings is 1. The molecular weight excluding hydrogens is 480 g/mol. The molecule has 2 unspecified atom stereocenters. The van der Waals surface area contributed by atoms with Crippen molar-refractivity contribution in [3.05, 3.63) is 72.6 Å². The van der Waals surface area contributed by atoms with Gasteiger partial charge in [-0.05, 0) is 42.8 Å². The Morgan fingerprint density at radius 2 is 2.03 bits per heavy atom. The fourth-order valence-electron chi connectivity index (χ4n) is 5.40. The van der Waals surface area contributed by atoms with E-state index in [1.165, 1.54) is 0 Å². The average molecular weight is 511 g/mol. The van der Waals surface area contributed by atoms with Crippen molar-refractivity contribution in [2.75, 3.05) is 18.1 Å². The molecule has 1 aliphatic heterocycles. The normalized spacial score (nSPS) is 16.3. The Balaban J connectivity index is 1.24. The molecule has 0 aliphatic carbocycles. The summed E-state index contributed by atoms with van der Waals surface area (Å²) in [5, 5.41) is 9.23. The fourth-order valence-corrected chi connectivity index (χ4v) is 5.40. The number of hydrogen-bond donors (Lipinski definition) is 2. The van der Waals surface area contributed by atoms with Crippen molar-refractivity contribution in [2.45, 2.75) is 45.3 Å².